The van der Waals surface area contributed by atoms with Crippen LogP contribution >= 0.6 is 0 Å². The molecule has 32 heavy (non-hydrogen) atoms. The van der Waals surface area contributed by atoms with Crippen molar-refractivity contribution in [3.63, 3.8) is 0 Å². The lowest BCUT2D eigenvalue weighted by Crippen LogP contribution is -2.38. The van der Waals surface area contributed by atoms with Gasteiger partial charge in [0.2, 0.25) is 0 Å². The van der Waals surface area contributed by atoms with E-state index in [0.29, 0.717) is 24.4 Å². The Labute approximate surface area is 185 Å². The fraction of sp³-hybridized carbons (Fsp3) is 0.292. The highest BCUT2D eigenvalue weighted by molar-refractivity contribution is 5.71. The zero-order chi connectivity index (χ0) is 21.8. The third-order valence-corrected chi connectivity index (χ3v) is 5.52. The van der Waals surface area contributed by atoms with E-state index >= 15 is 0 Å². The molecule has 1 aliphatic rings. The van der Waals surface area contributed by atoms with Gasteiger partial charge in [-0.15, -0.1) is 0 Å². The highest BCUT2D eigenvalue weighted by Crippen LogP contribution is 2.22. The number of hydrogen-bond donors (Lipinski definition) is 0. The predicted molar refractivity (Wildman–Crippen MR) is 119 cm³/mol. The van der Waals surface area contributed by atoms with E-state index in [-0.39, 0.29) is 5.82 Å². The summed E-state index contributed by atoms with van der Waals surface area (Å²) in [5.41, 5.74) is 3.96. The average Bonchev–Trinajstić information content (AvgIpc) is 3.24. The Morgan fingerprint density at radius 1 is 0.969 bits per heavy atom. The summed E-state index contributed by atoms with van der Waals surface area (Å²) in [6.07, 6.45) is 3.44. The van der Waals surface area contributed by atoms with Gasteiger partial charge in [-0.3, -0.25) is 4.90 Å². The molecule has 7 nitrogen and oxygen atoms in total. The normalized spacial score (nSPS) is 14.7. The summed E-state index contributed by atoms with van der Waals surface area (Å²) in [5.74, 6) is 0.581. The van der Waals surface area contributed by atoms with Crippen molar-refractivity contribution in [3.8, 4) is 17.0 Å². The molecule has 2 aromatic carbocycles. The first-order chi connectivity index (χ1) is 15.7. The first-order valence-corrected chi connectivity index (χ1v) is 10.7. The van der Waals surface area contributed by atoms with Gasteiger partial charge in [0.1, 0.15) is 18.2 Å². The number of rotatable bonds is 7. The number of fused-ring (bicyclic) bond motifs is 1. The second-order valence-corrected chi connectivity index (χ2v) is 7.73. The van der Waals surface area contributed by atoms with E-state index in [1.807, 2.05) is 28.8 Å². The minimum absolute atomic E-state index is 0.250. The van der Waals surface area contributed by atoms with Crippen molar-refractivity contribution in [2.45, 2.75) is 6.54 Å². The van der Waals surface area contributed by atoms with Gasteiger partial charge in [-0.25, -0.2) is 19.3 Å². The Morgan fingerprint density at radius 3 is 2.53 bits per heavy atom. The van der Waals surface area contributed by atoms with Crippen molar-refractivity contribution >= 4 is 11.3 Å². The number of aromatic nitrogens is 4. The van der Waals surface area contributed by atoms with E-state index in [1.165, 1.54) is 12.1 Å². The molecule has 8 heteroatoms. The first kappa shape index (κ1) is 20.5. The molecule has 0 unspecified atom stereocenters. The molecule has 0 N–H and O–H groups in total. The van der Waals surface area contributed by atoms with Crippen LogP contribution in [0.25, 0.3) is 22.6 Å². The van der Waals surface area contributed by atoms with Gasteiger partial charge in [0.25, 0.3) is 0 Å². The summed E-state index contributed by atoms with van der Waals surface area (Å²) in [6, 6.07) is 14.3. The lowest BCUT2D eigenvalue weighted by atomic mass is 10.1. The van der Waals surface area contributed by atoms with E-state index in [9.17, 15) is 4.39 Å². The smallest absolute Gasteiger partial charge is 0.197 e. The molecule has 164 valence electrons. The summed E-state index contributed by atoms with van der Waals surface area (Å²) < 4.78 is 26.4. The van der Waals surface area contributed by atoms with Gasteiger partial charge in [-0.1, -0.05) is 12.1 Å². The average molecular weight is 433 g/mol. The molecule has 0 bridgehead atoms. The SMILES string of the molecule is Fc1ccc(Cn2cnc3ncc(-c4ccc(OCCN5CCOCC5)cc4)nc32)cc1. The standard InChI is InChI=1S/C24H24FN5O2/c25-20-5-1-18(2-6-20)16-30-17-27-23-24(30)28-22(15-26-23)19-3-7-21(8-4-19)32-14-11-29-9-12-31-13-10-29/h1-8,15,17H,9-14,16H2. The third-order valence-electron chi connectivity index (χ3n) is 5.52. The maximum absolute atomic E-state index is 13.2. The van der Waals surface area contributed by atoms with Crippen LogP contribution in [0.4, 0.5) is 4.39 Å². The quantitative estimate of drug-likeness (QED) is 0.445. The molecule has 1 fully saturated rings. The summed E-state index contributed by atoms with van der Waals surface area (Å²) in [4.78, 5) is 15.9. The van der Waals surface area contributed by atoms with Crippen LogP contribution in [0.3, 0.4) is 0 Å². The zero-order valence-corrected chi connectivity index (χ0v) is 17.7. The van der Waals surface area contributed by atoms with Gasteiger partial charge in [-0.05, 0) is 42.0 Å². The van der Waals surface area contributed by atoms with Crippen molar-refractivity contribution in [2.75, 3.05) is 39.5 Å². The number of nitrogens with zero attached hydrogens (tertiary/aromatic N) is 5. The van der Waals surface area contributed by atoms with Crippen LogP contribution in [0, 0.1) is 5.82 Å². The monoisotopic (exact) mass is 433 g/mol. The molecule has 3 heterocycles. The number of ether oxygens (including phenoxy) is 2. The van der Waals surface area contributed by atoms with Crippen LogP contribution in [0.1, 0.15) is 5.56 Å². The van der Waals surface area contributed by atoms with Gasteiger partial charge >= 0.3 is 0 Å². The van der Waals surface area contributed by atoms with Crippen LogP contribution in [-0.4, -0.2) is 63.9 Å². The lowest BCUT2D eigenvalue weighted by Gasteiger charge is -2.26. The number of morpholine rings is 1. The predicted octanol–water partition coefficient (Wildman–Crippen LogP) is 3.39. The number of imidazole rings is 1. The van der Waals surface area contributed by atoms with Gasteiger partial charge in [0.05, 0.1) is 38.0 Å². The summed E-state index contributed by atoms with van der Waals surface area (Å²) in [5, 5.41) is 0. The Kier molecular flexibility index (Phi) is 6.04. The molecule has 1 saturated heterocycles. The van der Waals surface area contributed by atoms with Crippen molar-refractivity contribution in [2.24, 2.45) is 0 Å². The van der Waals surface area contributed by atoms with Crippen molar-refractivity contribution in [1.29, 1.82) is 0 Å². The molecule has 0 amide bonds. The molecule has 0 spiro atoms. The van der Waals surface area contributed by atoms with E-state index in [0.717, 1.165) is 55.4 Å². The van der Waals surface area contributed by atoms with Crippen molar-refractivity contribution < 1.29 is 13.9 Å². The molecular weight excluding hydrogens is 409 g/mol. The van der Waals surface area contributed by atoms with Crippen LogP contribution in [0.15, 0.2) is 61.1 Å². The first-order valence-electron chi connectivity index (χ1n) is 10.7. The molecule has 0 saturated carbocycles. The minimum atomic E-state index is -0.250. The fourth-order valence-corrected chi connectivity index (χ4v) is 3.72. The number of benzene rings is 2. The van der Waals surface area contributed by atoms with Crippen LogP contribution in [0.2, 0.25) is 0 Å². The number of hydrogen-bond acceptors (Lipinski definition) is 6. The lowest BCUT2D eigenvalue weighted by molar-refractivity contribution is 0.0322. The van der Waals surface area contributed by atoms with Gasteiger partial charge in [-0.2, -0.15) is 0 Å². The van der Waals surface area contributed by atoms with E-state index in [2.05, 4.69) is 14.9 Å². The van der Waals surface area contributed by atoms with Crippen molar-refractivity contribution in [3.05, 3.63) is 72.4 Å². The molecule has 2 aromatic heterocycles. The fourth-order valence-electron chi connectivity index (χ4n) is 3.72. The van der Waals surface area contributed by atoms with E-state index in [4.69, 9.17) is 14.5 Å². The molecule has 0 aliphatic carbocycles. The molecule has 1 aliphatic heterocycles. The van der Waals surface area contributed by atoms with Crippen LogP contribution in [0.5, 0.6) is 5.75 Å². The Morgan fingerprint density at radius 2 is 1.75 bits per heavy atom. The Balaban J connectivity index is 1.27. The highest BCUT2D eigenvalue weighted by Gasteiger charge is 2.11. The summed E-state index contributed by atoms with van der Waals surface area (Å²) in [6.45, 7) is 5.60. The van der Waals surface area contributed by atoms with E-state index < -0.39 is 0 Å². The largest absolute Gasteiger partial charge is 0.492 e. The maximum atomic E-state index is 13.2. The zero-order valence-electron chi connectivity index (χ0n) is 17.7. The number of halogens is 1. The van der Waals surface area contributed by atoms with Crippen LogP contribution in [-0.2, 0) is 11.3 Å². The van der Waals surface area contributed by atoms with Gasteiger partial charge in [0.15, 0.2) is 11.3 Å². The molecule has 0 atom stereocenters. The third kappa shape index (κ3) is 4.76. The molecular formula is C24H24FN5O2. The summed E-state index contributed by atoms with van der Waals surface area (Å²) in [7, 11) is 0. The summed E-state index contributed by atoms with van der Waals surface area (Å²) >= 11 is 0. The topological polar surface area (TPSA) is 65.3 Å². The molecule has 4 aromatic rings. The second-order valence-electron chi connectivity index (χ2n) is 7.73. The van der Waals surface area contributed by atoms with Gasteiger partial charge < -0.3 is 14.0 Å². The second kappa shape index (κ2) is 9.42. The Hall–Kier alpha value is -3.36. The molecule has 5 rings (SSSR count). The van der Waals surface area contributed by atoms with Gasteiger partial charge in [0, 0.05) is 25.2 Å². The minimum Gasteiger partial charge on any atom is -0.492 e. The molecule has 0 radical (unpaired) electrons. The van der Waals surface area contributed by atoms with E-state index in [1.54, 1.807) is 24.7 Å². The Bertz CT molecular complexity index is 1170. The van der Waals surface area contributed by atoms with Crippen LogP contribution < -0.4 is 4.74 Å². The van der Waals surface area contributed by atoms with Crippen molar-refractivity contribution in [1.82, 2.24) is 24.4 Å². The highest BCUT2D eigenvalue weighted by atomic mass is 19.1. The maximum Gasteiger partial charge on any atom is 0.197 e.